The average Bonchev–Trinajstić information content (AvgIpc) is 2.46. The number of aliphatic hydroxyl groups is 1. The lowest BCUT2D eigenvalue weighted by atomic mass is 9.92. The highest BCUT2D eigenvalue weighted by molar-refractivity contribution is 6.30. The smallest absolute Gasteiger partial charge is 0.128 e. The zero-order chi connectivity index (χ0) is 15.0. The zero-order valence-electron chi connectivity index (χ0n) is 11.6. The fourth-order valence-corrected chi connectivity index (χ4v) is 2.74. The number of phenols is 1. The molecule has 0 amide bonds. The fraction of sp³-hybridized carbons (Fsp3) is 0.176. The molecule has 0 atom stereocenters. The Balaban J connectivity index is 2.18. The Bertz CT molecular complexity index is 735. The Kier molecular flexibility index (Phi) is 3.62. The van der Waals surface area contributed by atoms with Gasteiger partial charge < -0.3 is 14.9 Å². The van der Waals surface area contributed by atoms with Gasteiger partial charge in [0, 0.05) is 21.7 Å². The molecule has 0 unspecified atom stereocenters. The van der Waals surface area contributed by atoms with E-state index in [0.29, 0.717) is 22.9 Å². The maximum atomic E-state index is 10.2. The molecule has 0 fully saturated rings. The minimum atomic E-state index is -0.124. The van der Waals surface area contributed by atoms with Gasteiger partial charge in [0.25, 0.3) is 0 Å². The topological polar surface area (TPSA) is 49.7 Å². The third kappa shape index (κ3) is 2.50. The van der Waals surface area contributed by atoms with E-state index in [4.69, 9.17) is 16.3 Å². The van der Waals surface area contributed by atoms with Crippen LogP contribution in [-0.2, 0) is 0 Å². The van der Waals surface area contributed by atoms with Crippen LogP contribution >= 0.6 is 11.6 Å². The van der Waals surface area contributed by atoms with Crippen LogP contribution in [0.25, 0.3) is 11.1 Å². The standard InChI is InChI=1S/C17H15ClO3/c1-10-2-4-12(16(20)6-10)15-9-21-17-7-11(18)3-5-13(17)14(15)8-19/h2-7,19-20H,8-9H2,1H3. The molecule has 0 aromatic heterocycles. The van der Waals surface area contributed by atoms with Crippen molar-refractivity contribution in [2.24, 2.45) is 0 Å². The molecular weight excluding hydrogens is 288 g/mol. The Morgan fingerprint density at radius 1 is 1.14 bits per heavy atom. The van der Waals surface area contributed by atoms with Crippen LogP contribution in [-0.4, -0.2) is 23.4 Å². The maximum Gasteiger partial charge on any atom is 0.128 e. The van der Waals surface area contributed by atoms with Gasteiger partial charge in [-0.15, -0.1) is 0 Å². The van der Waals surface area contributed by atoms with E-state index >= 15 is 0 Å². The number of aromatic hydroxyl groups is 1. The lowest BCUT2D eigenvalue weighted by molar-refractivity contribution is 0.337. The zero-order valence-corrected chi connectivity index (χ0v) is 12.3. The van der Waals surface area contributed by atoms with Crippen LogP contribution in [0.1, 0.15) is 16.7 Å². The van der Waals surface area contributed by atoms with Gasteiger partial charge in [0.2, 0.25) is 0 Å². The average molecular weight is 303 g/mol. The minimum Gasteiger partial charge on any atom is -0.507 e. The molecule has 0 aliphatic carbocycles. The minimum absolute atomic E-state index is 0.124. The Hall–Kier alpha value is -1.97. The quantitative estimate of drug-likeness (QED) is 0.890. The van der Waals surface area contributed by atoms with Gasteiger partial charge in [-0.2, -0.15) is 0 Å². The van der Waals surface area contributed by atoms with Crippen molar-refractivity contribution >= 4 is 22.7 Å². The van der Waals surface area contributed by atoms with Gasteiger partial charge in [-0.1, -0.05) is 23.7 Å². The van der Waals surface area contributed by atoms with Crippen molar-refractivity contribution in [3.8, 4) is 11.5 Å². The van der Waals surface area contributed by atoms with E-state index in [1.165, 1.54) is 0 Å². The molecule has 108 valence electrons. The summed E-state index contributed by atoms with van der Waals surface area (Å²) in [5.74, 6) is 0.846. The number of ether oxygens (including phenoxy) is 1. The summed E-state index contributed by atoms with van der Waals surface area (Å²) >= 11 is 5.97. The van der Waals surface area contributed by atoms with Crippen LogP contribution in [0.5, 0.6) is 11.5 Å². The normalized spacial score (nSPS) is 13.9. The van der Waals surface area contributed by atoms with Crippen molar-refractivity contribution in [3.63, 3.8) is 0 Å². The van der Waals surface area contributed by atoms with Crippen LogP contribution in [0, 0.1) is 6.92 Å². The molecule has 2 N–H and O–H groups in total. The molecule has 1 aliphatic rings. The molecule has 1 heterocycles. The van der Waals surface area contributed by atoms with E-state index in [-0.39, 0.29) is 12.4 Å². The fourth-order valence-electron chi connectivity index (χ4n) is 2.58. The molecule has 4 heteroatoms. The third-order valence-corrected chi connectivity index (χ3v) is 3.88. The second-order valence-electron chi connectivity index (χ2n) is 5.06. The monoisotopic (exact) mass is 302 g/mol. The molecule has 0 bridgehead atoms. The van der Waals surface area contributed by atoms with Crippen molar-refractivity contribution < 1.29 is 14.9 Å². The van der Waals surface area contributed by atoms with E-state index in [9.17, 15) is 10.2 Å². The molecule has 21 heavy (non-hydrogen) atoms. The highest BCUT2D eigenvalue weighted by atomic mass is 35.5. The van der Waals surface area contributed by atoms with E-state index in [1.54, 1.807) is 18.2 Å². The number of aryl methyl sites for hydroxylation is 1. The first-order valence-electron chi connectivity index (χ1n) is 6.65. The number of halogens is 1. The highest BCUT2D eigenvalue weighted by Crippen LogP contribution is 2.40. The predicted octanol–water partition coefficient (Wildman–Crippen LogP) is 3.65. The van der Waals surface area contributed by atoms with E-state index in [2.05, 4.69) is 0 Å². The predicted molar refractivity (Wildman–Crippen MR) is 83.7 cm³/mol. The van der Waals surface area contributed by atoms with E-state index in [1.807, 2.05) is 25.1 Å². The van der Waals surface area contributed by atoms with Crippen molar-refractivity contribution in [1.82, 2.24) is 0 Å². The number of aliphatic hydroxyl groups excluding tert-OH is 1. The molecule has 2 aromatic carbocycles. The van der Waals surface area contributed by atoms with Gasteiger partial charge in [0.1, 0.15) is 18.1 Å². The van der Waals surface area contributed by atoms with Crippen molar-refractivity contribution in [1.29, 1.82) is 0 Å². The number of fused-ring (bicyclic) bond motifs is 1. The molecule has 0 saturated heterocycles. The van der Waals surface area contributed by atoms with Crippen LogP contribution in [0.15, 0.2) is 36.4 Å². The molecule has 1 aliphatic heterocycles. The number of hydrogen-bond acceptors (Lipinski definition) is 3. The van der Waals surface area contributed by atoms with E-state index < -0.39 is 0 Å². The molecule has 0 saturated carbocycles. The van der Waals surface area contributed by atoms with Gasteiger partial charge in [0.05, 0.1) is 6.61 Å². The first-order valence-corrected chi connectivity index (χ1v) is 7.03. The summed E-state index contributed by atoms with van der Waals surface area (Å²) in [7, 11) is 0. The SMILES string of the molecule is Cc1ccc(C2=C(CO)c3ccc(Cl)cc3OC2)c(O)c1. The molecule has 0 radical (unpaired) electrons. The van der Waals surface area contributed by atoms with Crippen molar-refractivity contribution in [3.05, 3.63) is 58.1 Å². The van der Waals surface area contributed by atoms with Crippen LogP contribution in [0.2, 0.25) is 5.02 Å². The number of hydrogen-bond donors (Lipinski definition) is 2. The van der Waals surface area contributed by atoms with Gasteiger partial charge in [-0.3, -0.25) is 0 Å². The number of rotatable bonds is 2. The summed E-state index contributed by atoms with van der Waals surface area (Å²) in [5, 5.41) is 20.5. The summed E-state index contributed by atoms with van der Waals surface area (Å²) < 4.78 is 5.72. The van der Waals surface area contributed by atoms with Crippen molar-refractivity contribution in [2.45, 2.75) is 6.92 Å². The third-order valence-electron chi connectivity index (χ3n) is 3.64. The molecule has 3 rings (SSSR count). The molecule has 0 spiro atoms. The Morgan fingerprint density at radius 2 is 1.90 bits per heavy atom. The van der Waals surface area contributed by atoms with Gasteiger partial charge in [0.15, 0.2) is 0 Å². The Labute approximate surface area is 128 Å². The first-order chi connectivity index (χ1) is 10.1. The second-order valence-corrected chi connectivity index (χ2v) is 5.50. The summed E-state index contributed by atoms with van der Waals surface area (Å²) in [5.41, 5.74) is 4.02. The summed E-state index contributed by atoms with van der Waals surface area (Å²) in [6.45, 7) is 2.08. The molecule has 3 nitrogen and oxygen atoms in total. The van der Waals surface area contributed by atoms with E-state index in [0.717, 1.165) is 22.3 Å². The number of benzene rings is 2. The van der Waals surface area contributed by atoms with Gasteiger partial charge >= 0.3 is 0 Å². The van der Waals surface area contributed by atoms with Gasteiger partial charge in [-0.25, -0.2) is 0 Å². The van der Waals surface area contributed by atoms with Crippen LogP contribution < -0.4 is 4.74 Å². The van der Waals surface area contributed by atoms with Gasteiger partial charge in [-0.05, 0) is 42.3 Å². The second kappa shape index (κ2) is 5.43. The van der Waals surface area contributed by atoms with Crippen LogP contribution in [0.4, 0.5) is 0 Å². The molecule has 2 aromatic rings. The lowest BCUT2D eigenvalue weighted by Gasteiger charge is -2.24. The van der Waals surface area contributed by atoms with Crippen LogP contribution in [0.3, 0.4) is 0 Å². The maximum absolute atomic E-state index is 10.2. The highest BCUT2D eigenvalue weighted by Gasteiger charge is 2.22. The summed E-state index contributed by atoms with van der Waals surface area (Å²) in [6.07, 6.45) is 0. The largest absolute Gasteiger partial charge is 0.507 e. The van der Waals surface area contributed by atoms with Crippen molar-refractivity contribution in [2.75, 3.05) is 13.2 Å². The lowest BCUT2D eigenvalue weighted by Crippen LogP contribution is -2.12. The first kappa shape index (κ1) is 14.0. The Morgan fingerprint density at radius 3 is 2.62 bits per heavy atom. The summed E-state index contributed by atoms with van der Waals surface area (Å²) in [6, 6.07) is 10.8. The summed E-state index contributed by atoms with van der Waals surface area (Å²) in [4.78, 5) is 0. The number of phenolic OH excluding ortho intramolecular Hbond substituents is 1. The molecular formula is C17H15ClO3.